The fraction of sp³-hybridized carbons (Fsp3) is 0.353. The Labute approximate surface area is 143 Å². The van der Waals surface area contributed by atoms with Gasteiger partial charge in [0.1, 0.15) is 12.1 Å². The molecule has 24 heavy (non-hydrogen) atoms. The monoisotopic (exact) mass is 342 g/mol. The van der Waals surface area contributed by atoms with Gasteiger partial charge in [0.2, 0.25) is 11.8 Å². The number of thiophene rings is 1. The average Bonchev–Trinajstić information content (AvgIpc) is 3.28. The van der Waals surface area contributed by atoms with E-state index in [0.717, 1.165) is 17.1 Å². The van der Waals surface area contributed by atoms with Crippen molar-refractivity contribution in [2.24, 2.45) is 0 Å². The summed E-state index contributed by atoms with van der Waals surface area (Å²) in [5.41, 5.74) is 0.653. The minimum absolute atomic E-state index is 0.0159. The van der Waals surface area contributed by atoms with E-state index in [2.05, 4.69) is 23.9 Å². The summed E-state index contributed by atoms with van der Waals surface area (Å²) < 4.78 is 7.42. The molecule has 7 heteroatoms. The molecular formula is C17H18N4O2S. The van der Waals surface area contributed by atoms with Crippen molar-refractivity contribution >= 4 is 23.1 Å². The van der Waals surface area contributed by atoms with Gasteiger partial charge >= 0.3 is 0 Å². The van der Waals surface area contributed by atoms with E-state index in [1.165, 1.54) is 0 Å². The zero-order valence-electron chi connectivity index (χ0n) is 13.5. The van der Waals surface area contributed by atoms with Crippen LogP contribution in [0.5, 0.6) is 0 Å². The molecule has 3 aromatic rings. The number of hydrogen-bond acceptors (Lipinski definition) is 5. The third-order valence-electron chi connectivity index (χ3n) is 4.32. The number of hydrogen-bond donors (Lipinski definition) is 0. The minimum Gasteiger partial charge on any atom is -0.444 e. The Bertz CT molecular complexity index is 852. The number of oxazole rings is 1. The third kappa shape index (κ3) is 2.54. The summed E-state index contributed by atoms with van der Waals surface area (Å²) in [7, 11) is 0. The molecule has 0 fully saturated rings. The fourth-order valence-corrected chi connectivity index (χ4v) is 3.93. The molecule has 0 aromatic carbocycles. The third-order valence-corrected chi connectivity index (χ3v) is 5.18. The summed E-state index contributed by atoms with van der Waals surface area (Å²) >= 11 is 1.57. The predicted molar refractivity (Wildman–Crippen MR) is 92.0 cm³/mol. The molecule has 1 aliphatic heterocycles. The molecule has 1 aliphatic rings. The van der Waals surface area contributed by atoms with Gasteiger partial charge in [0.25, 0.3) is 0 Å². The maximum absolute atomic E-state index is 12.8. The van der Waals surface area contributed by atoms with Crippen LogP contribution in [-0.4, -0.2) is 26.7 Å². The minimum atomic E-state index is 0.0159. The van der Waals surface area contributed by atoms with Crippen molar-refractivity contribution in [2.75, 3.05) is 4.90 Å². The summed E-state index contributed by atoms with van der Waals surface area (Å²) in [5, 5.41) is 6.31. The predicted octanol–water partition coefficient (Wildman–Crippen LogP) is 3.53. The molecule has 6 nitrogen and oxygen atoms in total. The van der Waals surface area contributed by atoms with Gasteiger partial charge in [-0.1, -0.05) is 6.07 Å². The molecule has 0 N–H and O–H groups in total. The number of carbonyl (C=O) groups is 1. The van der Waals surface area contributed by atoms with Gasteiger partial charge in [0, 0.05) is 12.1 Å². The normalized spacial score (nSPS) is 20.2. The Morgan fingerprint density at radius 1 is 1.38 bits per heavy atom. The standard InChI is InChI=1S/C17H18N4O2S/c1-11-8-12(2)21-15(5-6-18-21)20(11)16(22)9-13-10-23-17(19-13)14-4-3-7-24-14/h3-7,10-12H,8-9H2,1-2H3. The highest BCUT2D eigenvalue weighted by Crippen LogP contribution is 2.32. The van der Waals surface area contributed by atoms with E-state index < -0.39 is 0 Å². The van der Waals surface area contributed by atoms with E-state index >= 15 is 0 Å². The second kappa shape index (κ2) is 5.90. The molecule has 4 heterocycles. The van der Waals surface area contributed by atoms with Crippen molar-refractivity contribution in [1.29, 1.82) is 0 Å². The van der Waals surface area contributed by atoms with E-state index in [0.29, 0.717) is 17.6 Å². The van der Waals surface area contributed by atoms with E-state index in [9.17, 15) is 4.79 Å². The molecule has 0 saturated carbocycles. The van der Waals surface area contributed by atoms with Crippen molar-refractivity contribution in [2.45, 2.75) is 38.8 Å². The van der Waals surface area contributed by atoms with Crippen molar-refractivity contribution in [1.82, 2.24) is 14.8 Å². The molecule has 2 unspecified atom stereocenters. The smallest absolute Gasteiger partial charge is 0.236 e. The van der Waals surface area contributed by atoms with Gasteiger partial charge in [-0.05, 0) is 31.7 Å². The topological polar surface area (TPSA) is 64.2 Å². The largest absolute Gasteiger partial charge is 0.444 e. The molecular weight excluding hydrogens is 324 g/mol. The van der Waals surface area contributed by atoms with E-state index in [4.69, 9.17) is 4.42 Å². The highest BCUT2D eigenvalue weighted by Gasteiger charge is 2.32. The van der Waals surface area contributed by atoms with Gasteiger partial charge in [0.15, 0.2) is 0 Å². The van der Waals surface area contributed by atoms with Crippen LogP contribution in [0.2, 0.25) is 0 Å². The van der Waals surface area contributed by atoms with Crippen LogP contribution in [0.1, 0.15) is 32.0 Å². The number of nitrogens with zero attached hydrogens (tertiary/aromatic N) is 4. The number of anilines is 1. The number of aromatic nitrogens is 3. The lowest BCUT2D eigenvalue weighted by Gasteiger charge is -2.36. The van der Waals surface area contributed by atoms with Crippen molar-refractivity contribution in [3.05, 3.63) is 41.7 Å². The number of rotatable bonds is 3. The highest BCUT2D eigenvalue weighted by atomic mass is 32.1. The summed E-state index contributed by atoms with van der Waals surface area (Å²) in [4.78, 5) is 20.1. The molecule has 0 bridgehead atoms. The van der Waals surface area contributed by atoms with Crippen LogP contribution in [-0.2, 0) is 11.2 Å². The first-order valence-electron chi connectivity index (χ1n) is 7.97. The van der Waals surface area contributed by atoms with E-state index in [-0.39, 0.29) is 18.4 Å². The Kier molecular flexibility index (Phi) is 3.72. The zero-order chi connectivity index (χ0) is 16.7. The second-order valence-electron chi connectivity index (χ2n) is 6.13. The van der Waals surface area contributed by atoms with E-state index in [1.807, 2.05) is 33.2 Å². The maximum Gasteiger partial charge on any atom is 0.236 e. The van der Waals surface area contributed by atoms with E-state index in [1.54, 1.807) is 23.8 Å². The van der Waals surface area contributed by atoms with Crippen LogP contribution >= 0.6 is 11.3 Å². The Morgan fingerprint density at radius 2 is 2.25 bits per heavy atom. The summed E-state index contributed by atoms with van der Waals surface area (Å²) in [6, 6.07) is 6.23. The van der Waals surface area contributed by atoms with Crippen molar-refractivity contribution in [3.63, 3.8) is 0 Å². The van der Waals surface area contributed by atoms with Crippen LogP contribution in [0.3, 0.4) is 0 Å². The SMILES string of the molecule is CC1CC(C)n2nccc2N1C(=O)Cc1coc(-c2cccs2)n1. The molecule has 4 rings (SSSR count). The van der Waals surface area contributed by atoms with Gasteiger partial charge in [0.05, 0.1) is 29.2 Å². The van der Waals surface area contributed by atoms with Gasteiger partial charge < -0.3 is 4.42 Å². The van der Waals surface area contributed by atoms with Crippen LogP contribution in [0.4, 0.5) is 5.82 Å². The van der Waals surface area contributed by atoms with Crippen molar-refractivity contribution in [3.8, 4) is 10.8 Å². The number of amides is 1. The molecule has 0 spiro atoms. The molecule has 2 atom stereocenters. The Hall–Kier alpha value is -2.41. The number of carbonyl (C=O) groups excluding carboxylic acids is 1. The molecule has 3 aromatic heterocycles. The summed E-state index contributed by atoms with van der Waals surface area (Å²) in [6.45, 7) is 4.20. The van der Waals surface area contributed by atoms with Gasteiger partial charge in [-0.3, -0.25) is 9.69 Å². The fourth-order valence-electron chi connectivity index (χ4n) is 3.28. The van der Waals surface area contributed by atoms with Gasteiger partial charge in [-0.25, -0.2) is 9.67 Å². The van der Waals surface area contributed by atoms with Crippen LogP contribution in [0.15, 0.2) is 40.5 Å². The summed E-state index contributed by atoms with van der Waals surface area (Å²) in [6.07, 6.45) is 4.43. The first kappa shape index (κ1) is 15.1. The van der Waals surface area contributed by atoms with Crippen LogP contribution < -0.4 is 4.90 Å². The van der Waals surface area contributed by atoms with Gasteiger partial charge in [-0.15, -0.1) is 11.3 Å². The summed E-state index contributed by atoms with van der Waals surface area (Å²) in [5.74, 6) is 1.44. The highest BCUT2D eigenvalue weighted by molar-refractivity contribution is 7.13. The first-order valence-corrected chi connectivity index (χ1v) is 8.85. The Morgan fingerprint density at radius 3 is 3.04 bits per heavy atom. The average molecular weight is 342 g/mol. The first-order chi connectivity index (χ1) is 11.6. The molecule has 124 valence electrons. The van der Waals surface area contributed by atoms with Gasteiger partial charge in [-0.2, -0.15) is 5.10 Å². The maximum atomic E-state index is 12.8. The lowest BCUT2D eigenvalue weighted by Crippen LogP contribution is -2.45. The quantitative estimate of drug-likeness (QED) is 0.730. The van der Waals surface area contributed by atoms with Crippen LogP contribution in [0.25, 0.3) is 10.8 Å². The number of fused-ring (bicyclic) bond motifs is 1. The molecule has 1 amide bonds. The lowest BCUT2D eigenvalue weighted by atomic mass is 10.0. The molecule has 0 saturated heterocycles. The second-order valence-corrected chi connectivity index (χ2v) is 7.08. The Balaban J connectivity index is 1.56. The molecule has 0 radical (unpaired) electrons. The molecule has 0 aliphatic carbocycles. The van der Waals surface area contributed by atoms with Crippen LogP contribution in [0, 0.1) is 0 Å². The van der Waals surface area contributed by atoms with Crippen molar-refractivity contribution < 1.29 is 9.21 Å². The lowest BCUT2D eigenvalue weighted by molar-refractivity contribution is -0.118. The zero-order valence-corrected chi connectivity index (χ0v) is 14.4.